The van der Waals surface area contributed by atoms with Crippen LogP contribution in [0.25, 0.3) is 27.9 Å². The maximum atomic E-state index is 13.0. The normalized spacial score (nSPS) is 20.5. The number of carbonyl (C=O) groups is 1. The fourth-order valence-corrected chi connectivity index (χ4v) is 5.84. The molecule has 0 aliphatic carbocycles. The van der Waals surface area contributed by atoms with E-state index in [1.807, 2.05) is 65.7 Å². The van der Waals surface area contributed by atoms with Crippen molar-refractivity contribution < 1.29 is 13.9 Å². The number of benzene rings is 2. The molecular formula is C26H23N3O4S. The number of nitrogens with zero attached hydrogens (tertiary/aromatic N) is 3. The zero-order chi connectivity index (χ0) is 23.1. The smallest absolute Gasteiger partial charge is 0.345 e. The maximum Gasteiger partial charge on any atom is 0.345 e. The Morgan fingerprint density at radius 3 is 2.71 bits per heavy atom. The van der Waals surface area contributed by atoms with Crippen LogP contribution in [0.1, 0.15) is 23.8 Å². The van der Waals surface area contributed by atoms with Crippen molar-refractivity contribution in [3.63, 3.8) is 0 Å². The summed E-state index contributed by atoms with van der Waals surface area (Å²) in [6, 6.07) is 19.0. The van der Waals surface area contributed by atoms with E-state index in [9.17, 15) is 9.59 Å². The first-order chi connectivity index (χ1) is 16.7. The van der Waals surface area contributed by atoms with Crippen LogP contribution in [0.4, 0.5) is 0 Å². The van der Waals surface area contributed by atoms with Gasteiger partial charge in [0.2, 0.25) is 5.91 Å². The number of hydrogen-bond donors (Lipinski definition) is 0. The number of amides is 1. The van der Waals surface area contributed by atoms with E-state index in [4.69, 9.17) is 14.3 Å². The van der Waals surface area contributed by atoms with Gasteiger partial charge in [0.15, 0.2) is 0 Å². The van der Waals surface area contributed by atoms with Gasteiger partial charge in [-0.05, 0) is 37.1 Å². The number of rotatable bonds is 5. The summed E-state index contributed by atoms with van der Waals surface area (Å²) < 4.78 is 13.2. The molecule has 2 aromatic carbocycles. The highest BCUT2D eigenvalue weighted by atomic mass is 32.2. The highest BCUT2D eigenvalue weighted by Crippen LogP contribution is 2.43. The van der Waals surface area contributed by atoms with Gasteiger partial charge in [0.05, 0.1) is 23.1 Å². The molecule has 0 spiro atoms. The number of thioether (sulfide) groups is 1. The van der Waals surface area contributed by atoms with Crippen molar-refractivity contribution in [2.45, 2.75) is 24.3 Å². The van der Waals surface area contributed by atoms with Crippen LogP contribution in [0.15, 0.2) is 76.1 Å². The molecule has 2 aliphatic heterocycles. The first-order valence-electron chi connectivity index (χ1n) is 11.4. The largest absolute Gasteiger partial charge is 0.422 e. The first kappa shape index (κ1) is 21.2. The van der Waals surface area contributed by atoms with E-state index in [0.29, 0.717) is 29.1 Å². The van der Waals surface area contributed by atoms with Crippen molar-refractivity contribution in [1.29, 1.82) is 0 Å². The predicted octanol–water partition coefficient (Wildman–Crippen LogP) is 4.40. The average Bonchev–Trinajstić information content (AvgIpc) is 3.61. The summed E-state index contributed by atoms with van der Waals surface area (Å²) in [5.41, 5.74) is 2.71. The molecule has 0 saturated carbocycles. The lowest BCUT2D eigenvalue weighted by atomic mass is 10.1. The summed E-state index contributed by atoms with van der Waals surface area (Å²) in [5.74, 6) is 0.467. The molecule has 8 heteroatoms. The Morgan fingerprint density at radius 1 is 1.06 bits per heavy atom. The van der Waals surface area contributed by atoms with Crippen LogP contribution >= 0.6 is 11.8 Å². The standard InChI is InChI=1S/C26H23N3O4S/c30-23-16-34-25(28(23)14-19-10-6-12-32-19)21-15-29(18-8-2-1-3-9-18)27-24(21)20-13-17-7-4-5-11-22(17)33-26(20)31/h1-5,7-9,11,13,15,19,25H,6,10,12,14,16H2. The number of hydrogen-bond acceptors (Lipinski definition) is 6. The van der Waals surface area contributed by atoms with Gasteiger partial charge >= 0.3 is 5.63 Å². The second kappa shape index (κ2) is 8.77. The van der Waals surface area contributed by atoms with Crippen LogP contribution in [-0.2, 0) is 9.53 Å². The monoisotopic (exact) mass is 473 g/mol. The Kier molecular flexibility index (Phi) is 5.47. The number of carbonyl (C=O) groups excluding carboxylic acids is 1. The molecule has 2 atom stereocenters. The van der Waals surface area contributed by atoms with Crippen LogP contribution in [0.5, 0.6) is 0 Å². The fraction of sp³-hybridized carbons (Fsp3) is 0.269. The highest BCUT2D eigenvalue weighted by Gasteiger charge is 2.38. The Labute approximate surface area is 200 Å². The summed E-state index contributed by atoms with van der Waals surface area (Å²) >= 11 is 1.56. The van der Waals surface area contributed by atoms with Gasteiger partial charge in [-0.15, -0.1) is 11.8 Å². The van der Waals surface area contributed by atoms with Crippen LogP contribution in [-0.4, -0.2) is 45.6 Å². The molecule has 4 heterocycles. The first-order valence-corrected chi connectivity index (χ1v) is 12.4. The summed E-state index contributed by atoms with van der Waals surface area (Å²) in [6.45, 7) is 1.28. The third-order valence-corrected chi connectivity index (χ3v) is 7.56. The summed E-state index contributed by atoms with van der Waals surface area (Å²) in [6.07, 6.45) is 3.94. The van der Waals surface area contributed by atoms with Crippen molar-refractivity contribution in [3.05, 3.63) is 82.8 Å². The summed E-state index contributed by atoms with van der Waals surface area (Å²) in [7, 11) is 0. The lowest BCUT2D eigenvalue weighted by Crippen LogP contribution is -2.35. The Balaban J connectivity index is 1.49. The van der Waals surface area contributed by atoms with Gasteiger partial charge in [-0.2, -0.15) is 5.10 Å². The molecule has 6 rings (SSSR count). The second-order valence-corrected chi connectivity index (χ2v) is 9.61. The van der Waals surface area contributed by atoms with Crippen LogP contribution in [0, 0.1) is 0 Å². The molecule has 172 valence electrons. The van der Waals surface area contributed by atoms with E-state index < -0.39 is 5.63 Å². The molecule has 0 bridgehead atoms. The summed E-state index contributed by atoms with van der Waals surface area (Å²) in [5, 5.41) is 5.40. The number of aromatic nitrogens is 2. The third-order valence-electron chi connectivity index (χ3n) is 6.32. The Morgan fingerprint density at radius 2 is 1.88 bits per heavy atom. The lowest BCUT2D eigenvalue weighted by Gasteiger charge is -2.26. The maximum absolute atomic E-state index is 13.0. The fourth-order valence-electron chi connectivity index (χ4n) is 4.63. The molecule has 2 fully saturated rings. The minimum absolute atomic E-state index is 0.0449. The second-order valence-electron chi connectivity index (χ2n) is 8.54. The Bertz CT molecular complexity index is 1410. The number of fused-ring (bicyclic) bond motifs is 1. The van der Waals surface area contributed by atoms with E-state index in [1.54, 1.807) is 22.5 Å². The summed E-state index contributed by atoms with van der Waals surface area (Å²) in [4.78, 5) is 27.8. The van der Waals surface area contributed by atoms with E-state index in [0.717, 1.165) is 36.1 Å². The lowest BCUT2D eigenvalue weighted by molar-refractivity contribution is -0.129. The van der Waals surface area contributed by atoms with E-state index >= 15 is 0 Å². The molecule has 0 N–H and O–H groups in total. The highest BCUT2D eigenvalue weighted by molar-refractivity contribution is 8.00. The molecule has 2 unspecified atom stereocenters. The van der Waals surface area contributed by atoms with Gasteiger partial charge in [-0.25, -0.2) is 9.48 Å². The van der Waals surface area contributed by atoms with Crippen LogP contribution in [0.3, 0.4) is 0 Å². The van der Waals surface area contributed by atoms with Gasteiger partial charge in [-0.1, -0.05) is 36.4 Å². The van der Waals surface area contributed by atoms with Crippen molar-refractivity contribution >= 4 is 28.6 Å². The SMILES string of the molecule is O=C1CSC(c2cn(-c3ccccc3)nc2-c2cc3ccccc3oc2=O)N1CC1CCCO1. The average molecular weight is 474 g/mol. The van der Waals surface area contributed by atoms with Crippen LogP contribution < -0.4 is 5.63 Å². The van der Waals surface area contributed by atoms with Crippen molar-refractivity contribution in [1.82, 2.24) is 14.7 Å². The quantitative estimate of drug-likeness (QED) is 0.400. The zero-order valence-electron chi connectivity index (χ0n) is 18.4. The molecule has 7 nitrogen and oxygen atoms in total. The van der Waals surface area contributed by atoms with E-state index in [1.165, 1.54) is 0 Å². The molecule has 2 saturated heterocycles. The van der Waals surface area contributed by atoms with Gasteiger partial charge in [0.25, 0.3) is 0 Å². The minimum Gasteiger partial charge on any atom is -0.422 e. The van der Waals surface area contributed by atoms with Crippen molar-refractivity contribution in [2.75, 3.05) is 18.9 Å². The molecule has 2 aromatic heterocycles. The third kappa shape index (κ3) is 3.82. The predicted molar refractivity (Wildman–Crippen MR) is 131 cm³/mol. The van der Waals surface area contributed by atoms with E-state index in [-0.39, 0.29) is 17.4 Å². The molecular weight excluding hydrogens is 450 g/mol. The number of ether oxygens (including phenoxy) is 1. The number of para-hydroxylation sites is 2. The van der Waals surface area contributed by atoms with Gasteiger partial charge in [-0.3, -0.25) is 4.79 Å². The molecule has 34 heavy (non-hydrogen) atoms. The molecule has 2 aliphatic rings. The Hall–Kier alpha value is -3.36. The van der Waals surface area contributed by atoms with Crippen LogP contribution in [0.2, 0.25) is 0 Å². The zero-order valence-corrected chi connectivity index (χ0v) is 19.2. The molecule has 4 aromatic rings. The van der Waals surface area contributed by atoms with Crippen molar-refractivity contribution in [3.8, 4) is 16.9 Å². The van der Waals surface area contributed by atoms with Crippen molar-refractivity contribution in [2.24, 2.45) is 0 Å². The molecule has 0 radical (unpaired) electrons. The van der Waals surface area contributed by atoms with E-state index in [2.05, 4.69) is 0 Å². The van der Waals surface area contributed by atoms with Gasteiger partial charge in [0, 0.05) is 30.3 Å². The minimum atomic E-state index is -0.446. The van der Waals surface area contributed by atoms with Gasteiger partial charge < -0.3 is 14.1 Å². The topological polar surface area (TPSA) is 77.6 Å². The van der Waals surface area contributed by atoms with Gasteiger partial charge in [0.1, 0.15) is 16.7 Å². The molecule has 1 amide bonds.